The van der Waals surface area contributed by atoms with Crippen LogP contribution in [0.5, 0.6) is 0 Å². The zero-order chi connectivity index (χ0) is 13.2. The van der Waals surface area contributed by atoms with Crippen molar-refractivity contribution in [2.24, 2.45) is 11.3 Å². The lowest BCUT2D eigenvalue weighted by atomic mass is 9.90. The molecule has 1 aromatic heterocycles. The molecule has 1 aliphatic carbocycles. The van der Waals surface area contributed by atoms with Gasteiger partial charge in [-0.1, -0.05) is 13.8 Å². The fraction of sp³-hybridized carbons (Fsp3) is 0.571. The van der Waals surface area contributed by atoms with Gasteiger partial charge in [-0.3, -0.25) is 0 Å². The number of pyridine rings is 1. The first-order chi connectivity index (χ1) is 8.59. The molecule has 1 aliphatic rings. The lowest BCUT2D eigenvalue weighted by Gasteiger charge is -2.26. The molecule has 96 valence electrons. The van der Waals surface area contributed by atoms with Crippen LogP contribution in [0.15, 0.2) is 18.3 Å². The molecule has 1 saturated carbocycles. The highest BCUT2D eigenvalue weighted by atomic mass is 16.3. The Kier molecular flexibility index (Phi) is 3.53. The van der Waals surface area contributed by atoms with Gasteiger partial charge in [-0.15, -0.1) is 0 Å². The number of nitrogens with one attached hydrogen (secondary N) is 1. The highest BCUT2D eigenvalue weighted by molar-refractivity contribution is 5.53. The Hall–Kier alpha value is -1.60. The van der Waals surface area contributed by atoms with E-state index in [0.717, 1.165) is 18.5 Å². The smallest absolute Gasteiger partial charge is 0.163 e. The lowest BCUT2D eigenvalue weighted by Crippen LogP contribution is -2.33. The van der Waals surface area contributed by atoms with Crippen molar-refractivity contribution in [3.8, 4) is 6.07 Å². The number of nitriles is 1. The lowest BCUT2D eigenvalue weighted by molar-refractivity contribution is 0.0567. The van der Waals surface area contributed by atoms with E-state index in [1.165, 1.54) is 0 Å². The van der Waals surface area contributed by atoms with Gasteiger partial charge in [0, 0.05) is 18.2 Å². The summed E-state index contributed by atoms with van der Waals surface area (Å²) in [5.41, 5.74) is 1.14. The van der Waals surface area contributed by atoms with E-state index in [4.69, 9.17) is 5.26 Å². The Balaban J connectivity index is 2.02. The summed E-state index contributed by atoms with van der Waals surface area (Å²) < 4.78 is 0. The third kappa shape index (κ3) is 2.46. The van der Waals surface area contributed by atoms with Crippen LogP contribution in [0.3, 0.4) is 0 Å². The van der Waals surface area contributed by atoms with Gasteiger partial charge in [0.05, 0.1) is 11.8 Å². The fourth-order valence-electron chi connectivity index (χ4n) is 2.35. The molecule has 0 spiro atoms. The van der Waals surface area contributed by atoms with Crippen LogP contribution in [0.2, 0.25) is 0 Å². The predicted molar refractivity (Wildman–Crippen MR) is 70.0 cm³/mol. The minimum absolute atomic E-state index is 0.0171. The molecule has 0 aliphatic heterocycles. The largest absolute Gasteiger partial charge is 0.392 e. The van der Waals surface area contributed by atoms with Crippen molar-refractivity contribution in [2.45, 2.75) is 32.8 Å². The van der Waals surface area contributed by atoms with Gasteiger partial charge >= 0.3 is 0 Å². The highest BCUT2D eigenvalue weighted by Gasteiger charge is 2.49. The van der Waals surface area contributed by atoms with E-state index in [-0.39, 0.29) is 17.4 Å². The maximum atomic E-state index is 10.2. The van der Waals surface area contributed by atoms with Gasteiger partial charge in [-0.2, -0.15) is 5.26 Å². The number of aromatic nitrogens is 1. The number of anilines is 1. The molecule has 4 nitrogen and oxygen atoms in total. The molecule has 0 unspecified atom stereocenters. The number of hydrogen-bond acceptors (Lipinski definition) is 4. The van der Waals surface area contributed by atoms with E-state index < -0.39 is 0 Å². The molecule has 0 bridgehead atoms. The van der Waals surface area contributed by atoms with Crippen LogP contribution in [0, 0.1) is 22.7 Å². The fourth-order valence-corrected chi connectivity index (χ4v) is 2.35. The number of nitrogens with zero attached hydrogens (tertiary/aromatic N) is 2. The van der Waals surface area contributed by atoms with Gasteiger partial charge in [-0.25, -0.2) is 4.98 Å². The molecule has 0 aromatic carbocycles. The summed E-state index contributed by atoms with van der Waals surface area (Å²) in [6.07, 6.45) is 3.41. The molecule has 2 rings (SSSR count). The zero-order valence-corrected chi connectivity index (χ0v) is 10.8. The minimum Gasteiger partial charge on any atom is -0.392 e. The van der Waals surface area contributed by atoms with Crippen LogP contribution in [0.4, 0.5) is 5.69 Å². The van der Waals surface area contributed by atoms with Crippen LogP contribution in [0.25, 0.3) is 0 Å². The van der Waals surface area contributed by atoms with Crippen LogP contribution in [0.1, 0.15) is 32.4 Å². The quantitative estimate of drug-likeness (QED) is 0.834. The second-order valence-electron chi connectivity index (χ2n) is 5.42. The van der Waals surface area contributed by atoms with Crippen molar-refractivity contribution in [1.82, 2.24) is 4.98 Å². The first-order valence-electron chi connectivity index (χ1n) is 6.36. The molecule has 18 heavy (non-hydrogen) atoms. The third-order valence-electron chi connectivity index (χ3n) is 3.70. The second kappa shape index (κ2) is 4.95. The Labute approximate surface area is 108 Å². The number of aliphatic hydroxyl groups excluding tert-OH is 1. The van der Waals surface area contributed by atoms with E-state index in [9.17, 15) is 5.11 Å². The number of aliphatic hydroxyl groups is 1. The molecule has 4 heteroatoms. The zero-order valence-electron chi connectivity index (χ0n) is 10.8. The topological polar surface area (TPSA) is 68.9 Å². The molecule has 1 fully saturated rings. The summed E-state index contributed by atoms with van der Waals surface area (Å²) in [4.78, 5) is 4.01. The number of hydrogen-bond donors (Lipinski definition) is 2. The summed E-state index contributed by atoms with van der Waals surface area (Å²) in [7, 11) is 0. The van der Waals surface area contributed by atoms with Gasteiger partial charge in [-0.05, 0) is 30.9 Å². The molecule has 1 atom stereocenters. The standard InChI is InChI=1S/C14H19N3O/c1-10(2)13(18)14(5-6-14)9-17-11-4-3-7-16-12(11)8-15/h3-4,7,10,13,17-18H,5-6,9H2,1-2H3/t13-/m0/s1. The van der Waals surface area contributed by atoms with Gasteiger partial charge in [0.15, 0.2) is 5.69 Å². The van der Waals surface area contributed by atoms with E-state index in [1.54, 1.807) is 6.20 Å². The average molecular weight is 245 g/mol. The summed E-state index contributed by atoms with van der Waals surface area (Å²) in [5, 5.41) is 22.4. The summed E-state index contributed by atoms with van der Waals surface area (Å²) in [6, 6.07) is 5.73. The monoisotopic (exact) mass is 245 g/mol. The highest BCUT2D eigenvalue weighted by Crippen LogP contribution is 2.50. The van der Waals surface area contributed by atoms with Crippen molar-refractivity contribution >= 4 is 5.69 Å². The minimum atomic E-state index is -0.285. The summed E-state index contributed by atoms with van der Waals surface area (Å²) in [6.45, 7) is 4.78. The van der Waals surface area contributed by atoms with Crippen molar-refractivity contribution in [2.75, 3.05) is 11.9 Å². The van der Waals surface area contributed by atoms with Gasteiger partial charge < -0.3 is 10.4 Å². The first kappa shape index (κ1) is 12.8. The van der Waals surface area contributed by atoms with E-state index in [1.807, 2.05) is 26.0 Å². The molecule has 0 amide bonds. The number of rotatable bonds is 5. The van der Waals surface area contributed by atoms with E-state index >= 15 is 0 Å². The predicted octanol–water partition coefficient (Wildman–Crippen LogP) is 2.16. The van der Waals surface area contributed by atoms with Gasteiger partial charge in [0.1, 0.15) is 6.07 Å². The Morgan fingerprint density at radius 3 is 2.83 bits per heavy atom. The van der Waals surface area contributed by atoms with Crippen molar-refractivity contribution in [1.29, 1.82) is 5.26 Å². The Morgan fingerprint density at radius 2 is 2.28 bits per heavy atom. The Morgan fingerprint density at radius 1 is 1.56 bits per heavy atom. The van der Waals surface area contributed by atoms with Crippen LogP contribution >= 0.6 is 0 Å². The summed E-state index contributed by atoms with van der Waals surface area (Å²) >= 11 is 0. The third-order valence-corrected chi connectivity index (χ3v) is 3.70. The first-order valence-corrected chi connectivity index (χ1v) is 6.36. The molecule has 1 aromatic rings. The maximum Gasteiger partial charge on any atom is 0.163 e. The van der Waals surface area contributed by atoms with Crippen LogP contribution in [-0.2, 0) is 0 Å². The SMILES string of the molecule is CC(C)[C@H](O)C1(CNc2cccnc2C#N)CC1. The molecule has 0 radical (unpaired) electrons. The van der Waals surface area contributed by atoms with Gasteiger partial charge in [0.2, 0.25) is 0 Å². The van der Waals surface area contributed by atoms with Crippen molar-refractivity contribution in [3.05, 3.63) is 24.0 Å². The van der Waals surface area contributed by atoms with E-state index in [0.29, 0.717) is 12.2 Å². The van der Waals surface area contributed by atoms with Gasteiger partial charge in [0.25, 0.3) is 0 Å². The molecule has 0 saturated heterocycles. The Bertz CT molecular complexity index is 460. The van der Waals surface area contributed by atoms with Crippen LogP contribution in [-0.4, -0.2) is 22.7 Å². The van der Waals surface area contributed by atoms with Crippen molar-refractivity contribution in [3.63, 3.8) is 0 Å². The molecular weight excluding hydrogens is 226 g/mol. The van der Waals surface area contributed by atoms with Crippen LogP contribution < -0.4 is 5.32 Å². The molecular formula is C14H19N3O. The molecule has 2 N–H and O–H groups in total. The maximum absolute atomic E-state index is 10.2. The summed E-state index contributed by atoms with van der Waals surface area (Å²) in [5.74, 6) is 0.263. The normalized spacial score (nSPS) is 18.2. The molecule has 1 heterocycles. The second-order valence-corrected chi connectivity index (χ2v) is 5.42. The van der Waals surface area contributed by atoms with Crippen molar-refractivity contribution < 1.29 is 5.11 Å². The van der Waals surface area contributed by atoms with E-state index in [2.05, 4.69) is 16.4 Å². The average Bonchev–Trinajstić information content (AvgIpc) is 3.16.